The second kappa shape index (κ2) is 7.49. The molecule has 0 bridgehead atoms. The number of hydrogen-bond donors (Lipinski definition) is 2. The van der Waals surface area contributed by atoms with Gasteiger partial charge in [0, 0.05) is 35.6 Å². The van der Waals surface area contributed by atoms with Gasteiger partial charge in [0.15, 0.2) is 5.82 Å². The van der Waals surface area contributed by atoms with Gasteiger partial charge in [-0.1, -0.05) is 24.3 Å². The smallest absolute Gasteiger partial charge is 0.257 e. The number of fused-ring (bicyclic) bond motifs is 1. The Labute approximate surface area is 151 Å². The molecule has 1 aromatic heterocycles. The molecule has 0 radical (unpaired) electrons. The first kappa shape index (κ1) is 17.8. The third-order valence-corrected chi connectivity index (χ3v) is 4.24. The highest BCUT2D eigenvalue weighted by Crippen LogP contribution is 2.26. The van der Waals surface area contributed by atoms with Crippen LogP contribution in [0.2, 0.25) is 0 Å². The Bertz CT molecular complexity index is 950. The summed E-state index contributed by atoms with van der Waals surface area (Å²) < 4.78 is 14.5. The van der Waals surface area contributed by atoms with Crippen LogP contribution in [0.5, 0.6) is 0 Å². The van der Waals surface area contributed by atoms with Crippen molar-refractivity contribution in [3.05, 3.63) is 65.7 Å². The molecule has 0 aliphatic carbocycles. The van der Waals surface area contributed by atoms with Crippen LogP contribution in [0.3, 0.4) is 0 Å². The first-order valence-electron chi connectivity index (χ1n) is 8.33. The lowest BCUT2D eigenvalue weighted by molar-refractivity contribution is 0.102. The van der Waals surface area contributed by atoms with Gasteiger partial charge < -0.3 is 16.0 Å². The van der Waals surface area contributed by atoms with Gasteiger partial charge in [0.2, 0.25) is 0 Å². The number of pyridine rings is 1. The molecule has 0 saturated carbocycles. The van der Waals surface area contributed by atoms with Crippen LogP contribution in [-0.2, 0) is 6.42 Å². The van der Waals surface area contributed by atoms with Crippen LogP contribution in [0.15, 0.2) is 48.8 Å². The molecule has 3 rings (SSSR count). The normalized spacial score (nSPS) is 11.1. The summed E-state index contributed by atoms with van der Waals surface area (Å²) in [6, 6.07) is 10.6. The highest BCUT2D eigenvalue weighted by molar-refractivity contribution is 6.12. The molecule has 3 N–H and O–H groups in total. The Morgan fingerprint density at radius 1 is 1.19 bits per heavy atom. The van der Waals surface area contributed by atoms with E-state index in [0.29, 0.717) is 29.8 Å². The number of nitrogens with two attached hydrogens (primary N) is 1. The molecule has 0 fully saturated rings. The minimum absolute atomic E-state index is 0.0728. The van der Waals surface area contributed by atoms with E-state index in [1.54, 1.807) is 12.3 Å². The molecule has 2 aromatic carbocycles. The van der Waals surface area contributed by atoms with Gasteiger partial charge in [0.1, 0.15) is 0 Å². The Balaban J connectivity index is 1.95. The number of rotatable bonds is 5. The fourth-order valence-corrected chi connectivity index (χ4v) is 2.82. The van der Waals surface area contributed by atoms with Crippen LogP contribution < -0.4 is 11.1 Å². The second-order valence-corrected chi connectivity index (χ2v) is 6.41. The summed E-state index contributed by atoms with van der Waals surface area (Å²) in [7, 11) is 3.81. The number of halogens is 1. The van der Waals surface area contributed by atoms with Gasteiger partial charge in [0.05, 0.1) is 11.3 Å². The highest BCUT2D eigenvalue weighted by atomic mass is 19.1. The summed E-state index contributed by atoms with van der Waals surface area (Å²) in [6.45, 7) is 0.638. The zero-order valence-electron chi connectivity index (χ0n) is 14.8. The van der Waals surface area contributed by atoms with E-state index in [-0.39, 0.29) is 11.6 Å². The third-order valence-electron chi connectivity index (χ3n) is 4.24. The molecule has 134 valence electrons. The molecule has 26 heavy (non-hydrogen) atoms. The number of nitrogens with one attached hydrogen (secondary N) is 1. The lowest BCUT2D eigenvalue weighted by atomic mass is 10.1. The lowest BCUT2D eigenvalue weighted by Crippen LogP contribution is -2.19. The number of anilines is 2. The first-order chi connectivity index (χ1) is 12.5. The molecular formula is C20H21FN4O. The Hall–Kier alpha value is -2.99. The SMILES string of the molecule is CN(C)CCc1c(NC(=O)c2cncc3ccccc23)ccc(N)c1F. The van der Waals surface area contributed by atoms with E-state index in [9.17, 15) is 9.18 Å². The van der Waals surface area contributed by atoms with Crippen molar-refractivity contribution < 1.29 is 9.18 Å². The largest absolute Gasteiger partial charge is 0.396 e. The number of carbonyl (C=O) groups is 1. The van der Waals surface area contributed by atoms with Gasteiger partial charge >= 0.3 is 0 Å². The first-order valence-corrected chi connectivity index (χ1v) is 8.33. The zero-order chi connectivity index (χ0) is 18.7. The van der Waals surface area contributed by atoms with Crippen LogP contribution in [0, 0.1) is 5.82 Å². The van der Waals surface area contributed by atoms with Crippen LogP contribution >= 0.6 is 0 Å². The van der Waals surface area contributed by atoms with Gasteiger partial charge in [0.25, 0.3) is 5.91 Å². The monoisotopic (exact) mass is 352 g/mol. The molecule has 0 aliphatic heterocycles. The summed E-state index contributed by atoms with van der Waals surface area (Å²) in [5, 5.41) is 4.49. The maximum Gasteiger partial charge on any atom is 0.257 e. The van der Waals surface area contributed by atoms with E-state index < -0.39 is 5.82 Å². The third kappa shape index (κ3) is 3.65. The van der Waals surface area contributed by atoms with Crippen LogP contribution in [-0.4, -0.2) is 36.4 Å². The summed E-state index contributed by atoms with van der Waals surface area (Å²) in [5.74, 6) is -0.815. The summed E-state index contributed by atoms with van der Waals surface area (Å²) in [5.41, 5.74) is 7.05. The number of nitrogens with zero attached hydrogens (tertiary/aromatic N) is 2. The lowest BCUT2D eigenvalue weighted by Gasteiger charge is -2.16. The minimum Gasteiger partial charge on any atom is -0.396 e. The average Bonchev–Trinajstić information content (AvgIpc) is 2.63. The Morgan fingerprint density at radius 2 is 1.96 bits per heavy atom. The molecule has 0 spiro atoms. The fraction of sp³-hybridized carbons (Fsp3) is 0.200. The van der Waals surface area contributed by atoms with Gasteiger partial charge in [-0.15, -0.1) is 0 Å². The van der Waals surface area contributed by atoms with Gasteiger partial charge in [-0.05, 0) is 38.0 Å². The van der Waals surface area contributed by atoms with Crippen LogP contribution in [0.25, 0.3) is 10.8 Å². The molecular weight excluding hydrogens is 331 g/mol. The number of hydrogen-bond acceptors (Lipinski definition) is 4. The fourth-order valence-electron chi connectivity index (χ4n) is 2.82. The number of amides is 1. The molecule has 0 saturated heterocycles. The standard InChI is InChI=1S/C20H21FN4O/c1-25(2)10-9-15-18(8-7-17(22)19(15)21)24-20(26)16-12-23-11-13-5-3-4-6-14(13)16/h3-8,11-12H,9-10,22H2,1-2H3,(H,24,26). The Kier molecular flexibility index (Phi) is 5.14. The average molecular weight is 352 g/mol. The Morgan fingerprint density at radius 3 is 2.73 bits per heavy atom. The molecule has 0 aliphatic rings. The second-order valence-electron chi connectivity index (χ2n) is 6.41. The zero-order valence-corrected chi connectivity index (χ0v) is 14.8. The van der Waals surface area contributed by atoms with Crippen molar-refractivity contribution in [1.29, 1.82) is 0 Å². The quantitative estimate of drug-likeness (QED) is 0.691. The molecule has 0 atom stereocenters. The van der Waals surface area contributed by atoms with Crippen molar-refractivity contribution in [3.63, 3.8) is 0 Å². The van der Waals surface area contributed by atoms with Crippen molar-refractivity contribution in [2.45, 2.75) is 6.42 Å². The number of nitrogen functional groups attached to an aromatic ring is 1. The van der Waals surface area contributed by atoms with Gasteiger partial charge in [-0.3, -0.25) is 9.78 Å². The molecule has 5 nitrogen and oxygen atoms in total. The molecule has 6 heteroatoms. The summed E-state index contributed by atoms with van der Waals surface area (Å²) in [6.07, 6.45) is 3.66. The van der Waals surface area contributed by atoms with Crippen molar-refractivity contribution in [3.8, 4) is 0 Å². The maximum atomic E-state index is 14.5. The van der Waals surface area contributed by atoms with E-state index >= 15 is 0 Å². The predicted octanol–water partition coefficient (Wildman–Crippen LogP) is 3.31. The minimum atomic E-state index is -0.485. The van der Waals surface area contributed by atoms with E-state index in [2.05, 4.69) is 10.3 Å². The van der Waals surface area contributed by atoms with Crippen LogP contribution in [0.1, 0.15) is 15.9 Å². The van der Waals surface area contributed by atoms with Crippen molar-refractivity contribution >= 4 is 28.1 Å². The van der Waals surface area contributed by atoms with Crippen molar-refractivity contribution in [2.75, 3.05) is 31.7 Å². The summed E-state index contributed by atoms with van der Waals surface area (Å²) >= 11 is 0. The number of carbonyl (C=O) groups excluding carboxylic acids is 1. The topological polar surface area (TPSA) is 71.2 Å². The molecule has 1 amide bonds. The number of aromatic nitrogens is 1. The van der Waals surface area contributed by atoms with Crippen LogP contribution in [0.4, 0.5) is 15.8 Å². The molecule has 1 heterocycles. The van der Waals surface area contributed by atoms with Gasteiger partial charge in [-0.2, -0.15) is 0 Å². The van der Waals surface area contributed by atoms with E-state index in [1.807, 2.05) is 43.3 Å². The van der Waals surface area contributed by atoms with Crippen molar-refractivity contribution in [1.82, 2.24) is 9.88 Å². The molecule has 0 unspecified atom stereocenters. The van der Waals surface area contributed by atoms with E-state index in [0.717, 1.165) is 10.8 Å². The van der Waals surface area contributed by atoms with E-state index in [1.165, 1.54) is 12.3 Å². The van der Waals surface area contributed by atoms with Crippen molar-refractivity contribution in [2.24, 2.45) is 0 Å². The van der Waals surface area contributed by atoms with E-state index in [4.69, 9.17) is 5.73 Å². The molecule has 3 aromatic rings. The maximum absolute atomic E-state index is 14.5. The summed E-state index contributed by atoms with van der Waals surface area (Å²) in [4.78, 5) is 18.9. The highest BCUT2D eigenvalue weighted by Gasteiger charge is 2.16. The number of likely N-dealkylation sites (N-methyl/N-ethyl adjacent to an activating group) is 1. The van der Waals surface area contributed by atoms with Gasteiger partial charge in [-0.25, -0.2) is 4.39 Å². The predicted molar refractivity (Wildman–Crippen MR) is 103 cm³/mol. The number of benzene rings is 2.